The highest BCUT2D eigenvalue weighted by Crippen LogP contribution is 2.35. The minimum atomic E-state index is 0.518. The average Bonchev–Trinajstić information content (AvgIpc) is 3.48. The maximum absolute atomic E-state index is 5.11. The van der Waals surface area contributed by atoms with Gasteiger partial charge in [-0.05, 0) is 25.8 Å². The SMILES string of the molecule is CCn1nccc1Nc1cc(C2CCCCC2)nc2c(-c3ccn(C)c3)cnn12. The van der Waals surface area contributed by atoms with E-state index in [1.54, 1.807) is 0 Å². The maximum atomic E-state index is 5.11. The number of aromatic nitrogens is 6. The number of nitrogens with zero attached hydrogens (tertiary/aromatic N) is 6. The first-order valence-corrected chi connectivity index (χ1v) is 10.5. The molecule has 4 aromatic rings. The van der Waals surface area contributed by atoms with Gasteiger partial charge in [0.05, 0.1) is 12.4 Å². The summed E-state index contributed by atoms with van der Waals surface area (Å²) < 4.78 is 5.93. The van der Waals surface area contributed by atoms with Gasteiger partial charge in [0.1, 0.15) is 11.6 Å². The lowest BCUT2D eigenvalue weighted by Crippen LogP contribution is -2.11. The average molecular weight is 390 g/mol. The third-order valence-electron chi connectivity index (χ3n) is 5.93. The van der Waals surface area contributed by atoms with E-state index in [0.717, 1.165) is 35.0 Å². The Hall–Kier alpha value is -3.09. The zero-order valence-electron chi connectivity index (χ0n) is 17.0. The third-order valence-corrected chi connectivity index (χ3v) is 5.93. The van der Waals surface area contributed by atoms with E-state index in [1.807, 2.05) is 34.7 Å². The molecule has 0 aromatic carbocycles. The molecule has 0 saturated heterocycles. The molecule has 0 unspecified atom stereocenters. The van der Waals surface area contributed by atoms with Gasteiger partial charge in [0.15, 0.2) is 5.65 Å². The second-order valence-electron chi connectivity index (χ2n) is 7.92. The Bertz CT molecular complexity index is 1130. The number of aryl methyl sites for hydroxylation is 2. The summed E-state index contributed by atoms with van der Waals surface area (Å²) in [5.41, 5.74) is 4.28. The van der Waals surface area contributed by atoms with Crippen LogP contribution >= 0.6 is 0 Å². The lowest BCUT2D eigenvalue weighted by Gasteiger charge is -2.22. The molecule has 7 nitrogen and oxygen atoms in total. The van der Waals surface area contributed by atoms with Gasteiger partial charge in [-0.3, -0.25) is 0 Å². The molecule has 4 aromatic heterocycles. The lowest BCUT2D eigenvalue weighted by molar-refractivity contribution is 0.437. The van der Waals surface area contributed by atoms with Gasteiger partial charge in [-0.25, -0.2) is 9.67 Å². The van der Waals surface area contributed by atoms with E-state index in [4.69, 9.17) is 4.98 Å². The van der Waals surface area contributed by atoms with Crippen LogP contribution in [0.3, 0.4) is 0 Å². The molecule has 1 saturated carbocycles. The van der Waals surface area contributed by atoms with Crippen molar-refractivity contribution in [2.24, 2.45) is 7.05 Å². The van der Waals surface area contributed by atoms with Gasteiger partial charge in [0.2, 0.25) is 0 Å². The molecular formula is C22H27N7. The number of hydrogen-bond donors (Lipinski definition) is 1. The fourth-order valence-corrected chi connectivity index (χ4v) is 4.37. The fourth-order valence-electron chi connectivity index (χ4n) is 4.37. The van der Waals surface area contributed by atoms with Gasteiger partial charge in [-0.1, -0.05) is 19.3 Å². The number of rotatable bonds is 5. The Balaban J connectivity index is 1.64. The Morgan fingerprint density at radius 3 is 2.72 bits per heavy atom. The highest BCUT2D eigenvalue weighted by molar-refractivity contribution is 5.78. The molecule has 0 spiro atoms. The molecule has 1 N–H and O–H groups in total. The van der Waals surface area contributed by atoms with E-state index in [-0.39, 0.29) is 0 Å². The molecule has 0 bridgehead atoms. The fraction of sp³-hybridized carbons (Fsp3) is 0.409. The van der Waals surface area contributed by atoms with E-state index in [0.29, 0.717) is 5.92 Å². The Morgan fingerprint density at radius 2 is 1.97 bits per heavy atom. The molecule has 0 radical (unpaired) electrons. The summed E-state index contributed by atoms with van der Waals surface area (Å²) in [6.07, 6.45) is 14.3. The zero-order valence-corrected chi connectivity index (χ0v) is 17.0. The summed E-state index contributed by atoms with van der Waals surface area (Å²) >= 11 is 0. The lowest BCUT2D eigenvalue weighted by atomic mass is 9.87. The molecule has 4 heterocycles. The van der Waals surface area contributed by atoms with E-state index < -0.39 is 0 Å². The first-order chi connectivity index (χ1) is 14.2. The van der Waals surface area contributed by atoms with Gasteiger partial charge in [-0.15, -0.1) is 0 Å². The summed E-state index contributed by atoms with van der Waals surface area (Å²) in [7, 11) is 2.04. The molecule has 0 amide bonds. The molecule has 0 aliphatic heterocycles. The van der Waals surface area contributed by atoms with Gasteiger partial charge < -0.3 is 9.88 Å². The largest absolute Gasteiger partial charge is 0.357 e. The summed E-state index contributed by atoms with van der Waals surface area (Å²) in [4.78, 5) is 5.11. The second-order valence-corrected chi connectivity index (χ2v) is 7.92. The summed E-state index contributed by atoms with van der Waals surface area (Å²) in [5.74, 6) is 2.42. The van der Waals surface area contributed by atoms with Crippen molar-refractivity contribution < 1.29 is 0 Å². The van der Waals surface area contributed by atoms with Crippen molar-refractivity contribution in [1.82, 2.24) is 28.9 Å². The molecule has 0 atom stereocenters. The van der Waals surface area contributed by atoms with Crippen LogP contribution in [0.1, 0.15) is 50.6 Å². The topological polar surface area (TPSA) is 65.0 Å². The van der Waals surface area contributed by atoms with E-state index in [9.17, 15) is 0 Å². The monoisotopic (exact) mass is 389 g/mol. The highest BCUT2D eigenvalue weighted by atomic mass is 15.4. The smallest absolute Gasteiger partial charge is 0.165 e. The van der Waals surface area contributed by atoms with E-state index >= 15 is 0 Å². The molecular weight excluding hydrogens is 362 g/mol. The molecule has 29 heavy (non-hydrogen) atoms. The van der Waals surface area contributed by atoms with Crippen molar-refractivity contribution in [3.63, 3.8) is 0 Å². The van der Waals surface area contributed by atoms with Crippen molar-refractivity contribution in [2.45, 2.75) is 51.5 Å². The predicted octanol–water partition coefficient (Wildman–Crippen LogP) is 4.74. The molecule has 1 aliphatic carbocycles. The minimum Gasteiger partial charge on any atom is -0.357 e. The standard InChI is InChI=1S/C22H27N7/c1-3-28-20(9-11-23-28)26-21-13-19(16-7-5-4-6-8-16)25-22-18(14-24-29(21)22)17-10-12-27(2)15-17/h9-16,26H,3-8H2,1-2H3. The zero-order chi connectivity index (χ0) is 19.8. The van der Waals surface area contributed by atoms with Crippen LogP contribution < -0.4 is 5.32 Å². The molecule has 1 fully saturated rings. The summed E-state index contributed by atoms with van der Waals surface area (Å²) in [6.45, 7) is 2.91. The van der Waals surface area contributed by atoms with Crippen LogP contribution in [0.25, 0.3) is 16.8 Å². The summed E-state index contributed by atoms with van der Waals surface area (Å²) in [5, 5.41) is 12.6. The van der Waals surface area contributed by atoms with Crippen LogP contribution in [0.2, 0.25) is 0 Å². The molecule has 1 aliphatic rings. The second kappa shape index (κ2) is 7.39. The van der Waals surface area contributed by atoms with Crippen LogP contribution in [0.15, 0.2) is 43.0 Å². The van der Waals surface area contributed by atoms with E-state index in [2.05, 4.69) is 51.5 Å². The number of hydrogen-bond acceptors (Lipinski definition) is 4. The number of anilines is 2. The van der Waals surface area contributed by atoms with Crippen LogP contribution in [-0.4, -0.2) is 28.9 Å². The number of fused-ring (bicyclic) bond motifs is 1. The van der Waals surface area contributed by atoms with Gasteiger partial charge >= 0.3 is 0 Å². The first kappa shape index (κ1) is 18.0. The van der Waals surface area contributed by atoms with Crippen molar-refractivity contribution >= 4 is 17.3 Å². The van der Waals surface area contributed by atoms with Crippen LogP contribution in [0, 0.1) is 0 Å². The molecule has 150 valence electrons. The minimum absolute atomic E-state index is 0.518. The Morgan fingerprint density at radius 1 is 1.10 bits per heavy atom. The van der Waals surface area contributed by atoms with Crippen molar-refractivity contribution in [2.75, 3.05) is 5.32 Å². The third kappa shape index (κ3) is 3.30. The van der Waals surface area contributed by atoms with Crippen LogP contribution in [0.4, 0.5) is 11.6 Å². The quantitative estimate of drug-likeness (QED) is 0.535. The maximum Gasteiger partial charge on any atom is 0.165 e. The Labute approximate surface area is 170 Å². The van der Waals surface area contributed by atoms with Crippen molar-refractivity contribution in [3.05, 3.63) is 48.7 Å². The summed E-state index contributed by atoms with van der Waals surface area (Å²) in [6, 6.07) is 6.29. The van der Waals surface area contributed by atoms with Crippen LogP contribution in [-0.2, 0) is 13.6 Å². The first-order valence-electron chi connectivity index (χ1n) is 10.5. The van der Waals surface area contributed by atoms with Crippen LogP contribution in [0.5, 0.6) is 0 Å². The highest BCUT2D eigenvalue weighted by Gasteiger charge is 2.21. The van der Waals surface area contributed by atoms with Gasteiger partial charge in [0.25, 0.3) is 0 Å². The molecule has 5 rings (SSSR count). The predicted molar refractivity (Wildman–Crippen MR) is 114 cm³/mol. The van der Waals surface area contributed by atoms with E-state index in [1.165, 1.54) is 37.8 Å². The Kier molecular flexibility index (Phi) is 4.58. The van der Waals surface area contributed by atoms with Gasteiger partial charge in [-0.2, -0.15) is 14.7 Å². The normalized spacial score (nSPS) is 15.2. The van der Waals surface area contributed by atoms with Gasteiger partial charge in [0, 0.05) is 60.9 Å². The number of nitrogens with one attached hydrogen (secondary N) is 1. The van der Waals surface area contributed by atoms with Crippen molar-refractivity contribution in [1.29, 1.82) is 0 Å². The van der Waals surface area contributed by atoms with Crippen molar-refractivity contribution in [3.8, 4) is 11.1 Å². The molecule has 7 heteroatoms.